The molecule has 6 nitrogen and oxygen atoms in total. The maximum atomic E-state index is 12.4. The molecule has 1 saturated heterocycles. The summed E-state index contributed by atoms with van der Waals surface area (Å²) in [5.74, 6) is 0.391. The fraction of sp³-hybridized carbons (Fsp3) is 0.435. The summed E-state index contributed by atoms with van der Waals surface area (Å²) >= 11 is 0. The Morgan fingerprint density at radius 3 is 2.55 bits per heavy atom. The second-order valence-corrected chi connectivity index (χ2v) is 8.35. The van der Waals surface area contributed by atoms with Gasteiger partial charge in [0, 0.05) is 19.0 Å². The number of ether oxygens (including phenoxy) is 2. The molecule has 2 aromatic rings. The van der Waals surface area contributed by atoms with Crippen LogP contribution in [0.2, 0.25) is 0 Å². The van der Waals surface area contributed by atoms with E-state index in [0.29, 0.717) is 31.0 Å². The number of ketones is 1. The zero-order valence-corrected chi connectivity index (χ0v) is 17.1. The fourth-order valence-electron chi connectivity index (χ4n) is 3.39. The van der Waals surface area contributed by atoms with E-state index in [1.54, 1.807) is 11.0 Å². The highest BCUT2D eigenvalue weighted by Gasteiger charge is 2.30. The van der Waals surface area contributed by atoms with E-state index in [9.17, 15) is 9.59 Å². The highest BCUT2D eigenvalue weighted by Crippen LogP contribution is 2.29. The first kappa shape index (κ1) is 20.7. The van der Waals surface area contributed by atoms with E-state index in [4.69, 9.17) is 14.7 Å². The predicted molar refractivity (Wildman–Crippen MR) is 110 cm³/mol. The molecule has 0 bridgehead atoms. The zero-order chi connectivity index (χ0) is 21.0. The van der Waals surface area contributed by atoms with Crippen LogP contribution in [0, 0.1) is 17.2 Å². The monoisotopic (exact) mass is 394 g/mol. The van der Waals surface area contributed by atoms with Gasteiger partial charge in [-0.05, 0) is 50.1 Å². The highest BCUT2D eigenvalue weighted by atomic mass is 16.6. The summed E-state index contributed by atoms with van der Waals surface area (Å²) < 4.78 is 11.4. The van der Waals surface area contributed by atoms with Gasteiger partial charge >= 0.3 is 6.09 Å². The number of amides is 1. The molecule has 1 amide bonds. The molecule has 1 heterocycles. The summed E-state index contributed by atoms with van der Waals surface area (Å²) in [6, 6.07) is 13.3. The maximum absolute atomic E-state index is 12.4. The first-order chi connectivity index (χ1) is 13.8. The second kappa shape index (κ2) is 8.52. The van der Waals surface area contributed by atoms with Crippen molar-refractivity contribution in [2.45, 2.75) is 39.2 Å². The molecule has 0 spiro atoms. The van der Waals surface area contributed by atoms with Crippen LogP contribution in [0.5, 0.6) is 5.75 Å². The summed E-state index contributed by atoms with van der Waals surface area (Å²) in [4.78, 5) is 26.3. The molecule has 1 unspecified atom stereocenters. The van der Waals surface area contributed by atoms with E-state index in [2.05, 4.69) is 0 Å². The molecule has 0 aliphatic carbocycles. The number of likely N-dealkylation sites (tertiary alicyclic amines) is 1. The van der Waals surface area contributed by atoms with Gasteiger partial charge in [0.25, 0.3) is 0 Å². The number of rotatable bonds is 5. The molecule has 1 atom stereocenters. The lowest BCUT2D eigenvalue weighted by Crippen LogP contribution is -2.35. The smallest absolute Gasteiger partial charge is 0.410 e. The van der Waals surface area contributed by atoms with Crippen molar-refractivity contribution in [1.29, 1.82) is 5.26 Å². The number of carbonyl (C=O) groups is 2. The summed E-state index contributed by atoms with van der Waals surface area (Å²) in [6.07, 6.45) is 0.314. The van der Waals surface area contributed by atoms with Gasteiger partial charge < -0.3 is 14.4 Å². The molecule has 1 fully saturated rings. The van der Waals surface area contributed by atoms with Gasteiger partial charge in [-0.2, -0.15) is 5.26 Å². The molecule has 3 rings (SSSR count). The van der Waals surface area contributed by atoms with Gasteiger partial charge in [0.1, 0.15) is 11.4 Å². The lowest BCUT2D eigenvalue weighted by Gasteiger charge is -2.24. The van der Waals surface area contributed by atoms with Crippen molar-refractivity contribution in [1.82, 2.24) is 4.90 Å². The quantitative estimate of drug-likeness (QED) is 0.694. The Kier molecular flexibility index (Phi) is 6.07. The van der Waals surface area contributed by atoms with Gasteiger partial charge in [-0.3, -0.25) is 4.79 Å². The number of carbonyl (C=O) groups excluding carboxylic acids is 2. The van der Waals surface area contributed by atoms with Crippen LogP contribution in [0.25, 0.3) is 10.8 Å². The predicted octanol–water partition coefficient (Wildman–Crippen LogP) is 4.57. The van der Waals surface area contributed by atoms with Crippen LogP contribution in [0.3, 0.4) is 0 Å². The van der Waals surface area contributed by atoms with Crippen molar-refractivity contribution < 1.29 is 19.1 Å². The van der Waals surface area contributed by atoms with Crippen molar-refractivity contribution in [2.24, 2.45) is 5.92 Å². The van der Waals surface area contributed by atoms with Crippen molar-refractivity contribution in [3.63, 3.8) is 0 Å². The van der Waals surface area contributed by atoms with Crippen molar-refractivity contribution in [2.75, 3.05) is 19.7 Å². The van der Waals surface area contributed by atoms with Crippen LogP contribution in [-0.2, 0) is 4.74 Å². The number of hydrogen-bond donors (Lipinski definition) is 0. The van der Waals surface area contributed by atoms with Gasteiger partial charge in [-0.15, -0.1) is 0 Å². The van der Waals surface area contributed by atoms with Crippen LogP contribution in [-0.4, -0.2) is 42.1 Å². The Hall–Kier alpha value is -3.07. The lowest BCUT2D eigenvalue weighted by atomic mass is 10.0. The van der Waals surface area contributed by atoms with Gasteiger partial charge in [-0.25, -0.2) is 4.79 Å². The Morgan fingerprint density at radius 1 is 1.21 bits per heavy atom. The highest BCUT2D eigenvalue weighted by molar-refractivity contribution is 6.03. The maximum Gasteiger partial charge on any atom is 0.410 e. The molecular formula is C23H26N2O4. The number of hydrogen-bond acceptors (Lipinski definition) is 5. The minimum absolute atomic E-state index is 0.160. The van der Waals surface area contributed by atoms with E-state index in [-0.39, 0.29) is 24.2 Å². The van der Waals surface area contributed by atoms with E-state index >= 15 is 0 Å². The minimum atomic E-state index is -0.521. The number of Topliss-reactive ketones (excluding diaryl/α,β-unsaturated/α-hetero) is 1. The third-order valence-corrected chi connectivity index (χ3v) is 4.80. The molecule has 1 aliphatic rings. The molecule has 0 N–H and O–H groups in total. The third kappa shape index (κ3) is 5.26. The molecule has 1 aliphatic heterocycles. The standard InChI is InChI=1S/C23H26N2O4/c1-23(2,3)29-22(27)25-11-9-16(14-25)15-28-21-13-18-7-5-4-6-17(18)12-19(21)20(26)8-10-24/h4-7,12-13,16H,8-9,11,14-15H2,1-3H3. The molecular weight excluding hydrogens is 368 g/mol. The Labute approximate surface area is 171 Å². The van der Waals surface area contributed by atoms with E-state index in [0.717, 1.165) is 17.2 Å². The number of nitriles is 1. The molecule has 152 valence electrons. The molecule has 6 heteroatoms. The van der Waals surface area contributed by atoms with Gasteiger partial charge in [0.15, 0.2) is 5.78 Å². The van der Waals surface area contributed by atoms with Crippen LogP contribution in [0.4, 0.5) is 4.79 Å². The van der Waals surface area contributed by atoms with Crippen LogP contribution in [0.1, 0.15) is 44.0 Å². The Bertz CT molecular complexity index is 955. The Morgan fingerprint density at radius 2 is 1.90 bits per heavy atom. The normalized spacial score (nSPS) is 16.5. The van der Waals surface area contributed by atoms with Crippen molar-refractivity contribution in [3.05, 3.63) is 42.0 Å². The number of benzene rings is 2. The number of fused-ring (bicyclic) bond motifs is 1. The van der Waals surface area contributed by atoms with E-state index in [1.807, 2.05) is 57.2 Å². The average Bonchev–Trinajstić information content (AvgIpc) is 3.14. The first-order valence-corrected chi connectivity index (χ1v) is 9.80. The van der Waals surface area contributed by atoms with Crippen molar-refractivity contribution >= 4 is 22.6 Å². The molecule has 0 radical (unpaired) electrons. The first-order valence-electron chi connectivity index (χ1n) is 9.80. The third-order valence-electron chi connectivity index (χ3n) is 4.80. The largest absolute Gasteiger partial charge is 0.492 e. The molecule has 2 aromatic carbocycles. The van der Waals surface area contributed by atoms with Gasteiger partial charge in [-0.1, -0.05) is 24.3 Å². The van der Waals surface area contributed by atoms with Crippen molar-refractivity contribution in [3.8, 4) is 11.8 Å². The summed E-state index contributed by atoms with van der Waals surface area (Å²) in [6.45, 7) is 7.12. The molecule has 29 heavy (non-hydrogen) atoms. The average molecular weight is 394 g/mol. The van der Waals surface area contributed by atoms with Crippen LogP contribution < -0.4 is 4.74 Å². The lowest BCUT2D eigenvalue weighted by molar-refractivity contribution is 0.0284. The summed E-state index contributed by atoms with van der Waals surface area (Å²) in [5.41, 5.74) is -0.0977. The summed E-state index contributed by atoms with van der Waals surface area (Å²) in [7, 11) is 0. The fourth-order valence-corrected chi connectivity index (χ4v) is 3.39. The SMILES string of the molecule is CC(C)(C)OC(=O)N1CCC(COc2cc3ccccc3cc2C(=O)CC#N)C1. The topological polar surface area (TPSA) is 79.6 Å². The van der Waals surface area contributed by atoms with Crippen LogP contribution in [0.15, 0.2) is 36.4 Å². The molecule has 0 saturated carbocycles. The number of nitrogens with zero attached hydrogens (tertiary/aromatic N) is 2. The minimum Gasteiger partial charge on any atom is -0.492 e. The van der Waals surface area contributed by atoms with E-state index < -0.39 is 5.60 Å². The molecule has 0 aromatic heterocycles. The van der Waals surface area contributed by atoms with Crippen LogP contribution >= 0.6 is 0 Å². The van der Waals surface area contributed by atoms with Gasteiger partial charge in [0.2, 0.25) is 0 Å². The summed E-state index contributed by atoms with van der Waals surface area (Å²) in [5, 5.41) is 10.8. The zero-order valence-electron chi connectivity index (χ0n) is 17.1. The Balaban J connectivity index is 1.70. The van der Waals surface area contributed by atoms with E-state index in [1.165, 1.54) is 0 Å². The second-order valence-electron chi connectivity index (χ2n) is 8.35. The van der Waals surface area contributed by atoms with Gasteiger partial charge in [0.05, 0.1) is 24.7 Å².